The predicted molar refractivity (Wildman–Crippen MR) is 73.9 cm³/mol. The highest BCUT2D eigenvalue weighted by atomic mass is 32.1. The van der Waals surface area contributed by atoms with Gasteiger partial charge >= 0.3 is 0 Å². The summed E-state index contributed by atoms with van der Waals surface area (Å²) in [7, 11) is 0. The van der Waals surface area contributed by atoms with Gasteiger partial charge in [0.05, 0.1) is 4.88 Å². The van der Waals surface area contributed by atoms with E-state index in [2.05, 4.69) is 19.2 Å². The van der Waals surface area contributed by atoms with E-state index in [4.69, 9.17) is 0 Å². The number of carbonyl (C=O) groups is 1. The molecule has 0 aliphatic heterocycles. The van der Waals surface area contributed by atoms with Crippen LogP contribution in [0.5, 0.6) is 0 Å². The Morgan fingerprint density at radius 2 is 1.94 bits per heavy atom. The molecule has 17 heavy (non-hydrogen) atoms. The van der Waals surface area contributed by atoms with E-state index in [0.717, 1.165) is 28.0 Å². The third kappa shape index (κ3) is 2.56. The molecule has 0 aliphatic carbocycles. The first-order chi connectivity index (χ1) is 8.22. The summed E-state index contributed by atoms with van der Waals surface area (Å²) in [6.45, 7) is 4.20. The van der Waals surface area contributed by atoms with Gasteiger partial charge in [-0.3, -0.25) is 4.79 Å². The van der Waals surface area contributed by atoms with E-state index in [9.17, 15) is 4.79 Å². The fourth-order valence-electron chi connectivity index (χ4n) is 1.79. The largest absolute Gasteiger partial charge is 0.382 e. The summed E-state index contributed by atoms with van der Waals surface area (Å²) in [4.78, 5) is 11.8. The highest BCUT2D eigenvalue weighted by Crippen LogP contribution is 2.32. The van der Waals surface area contributed by atoms with Crippen molar-refractivity contribution in [3.63, 3.8) is 0 Å². The van der Waals surface area contributed by atoms with Crippen molar-refractivity contribution in [3.8, 4) is 11.1 Å². The minimum absolute atomic E-state index is 0.370. The maximum absolute atomic E-state index is 11.0. The number of hydrogen-bond acceptors (Lipinski definition) is 3. The first kappa shape index (κ1) is 11.9. The van der Waals surface area contributed by atoms with Crippen molar-refractivity contribution in [2.75, 3.05) is 5.32 Å². The van der Waals surface area contributed by atoms with Gasteiger partial charge in [-0.1, -0.05) is 18.2 Å². The molecule has 0 bridgehead atoms. The van der Waals surface area contributed by atoms with Crippen LogP contribution in [0, 0.1) is 0 Å². The van der Waals surface area contributed by atoms with Crippen LogP contribution in [0.25, 0.3) is 11.1 Å². The Balaban J connectivity index is 2.48. The number of carbonyl (C=O) groups excluding carboxylic acids is 1. The fourth-order valence-corrected chi connectivity index (χ4v) is 2.50. The average Bonchev–Trinajstić information content (AvgIpc) is 2.77. The Labute approximate surface area is 105 Å². The second-order valence-electron chi connectivity index (χ2n) is 4.16. The Bertz CT molecular complexity index is 516. The molecule has 0 saturated heterocycles. The number of anilines is 1. The lowest BCUT2D eigenvalue weighted by Crippen LogP contribution is -2.10. The van der Waals surface area contributed by atoms with Crippen molar-refractivity contribution in [1.29, 1.82) is 0 Å². The fraction of sp³-hybridized carbons (Fsp3) is 0.214. The maximum Gasteiger partial charge on any atom is 0.160 e. The number of aldehydes is 1. The molecule has 0 amide bonds. The zero-order valence-corrected chi connectivity index (χ0v) is 10.8. The third-order valence-corrected chi connectivity index (χ3v) is 3.31. The lowest BCUT2D eigenvalue weighted by atomic mass is 10.0. The van der Waals surface area contributed by atoms with Crippen LogP contribution in [0.3, 0.4) is 0 Å². The van der Waals surface area contributed by atoms with E-state index in [0.29, 0.717) is 6.04 Å². The number of hydrogen-bond donors (Lipinski definition) is 1. The van der Waals surface area contributed by atoms with Gasteiger partial charge in [-0.2, -0.15) is 0 Å². The van der Waals surface area contributed by atoms with Crippen LogP contribution in [0.1, 0.15) is 23.5 Å². The van der Waals surface area contributed by atoms with Crippen molar-refractivity contribution in [3.05, 3.63) is 40.6 Å². The minimum atomic E-state index is 0.370. The third-order valence-electron chi connectivity index (χ3n) is 2.46. The van der Waals surface area contributed by atoms with Crippen molar-refractivity contribution in [2.45, 2.75) is 19.9 Å². The molecule has 0 radical (unpaired) electrons. The monoisotopic (exact) mass is 245 g/mol. The summed E-state index contributed by atoms with van der Waals surface area (Å²) in [5.41, 5.74) is 3.17. The van der Waals surface area contributed by atoms with Crippen LogP contribution in [-0.2, 0) is 0 Å². The van der Waals surface area contributed by atoms with Crippen molar-refractivity contribution >= 4 is 23.3 Å². The summed E-state index contributed by atoms with van der Waals surface area (Å²) in [6, 6.07) is 10.4. The Morgan fingerprint density at radius 1 is 1.18 bits per heavy atom. The topological polar surface area (TPSA) is 29.1 Å². The van der Waals surface area contributed by atoms with E-state index < -0.39 is 0 Å². The average molecular weight is 245 g/mol. The Hall–Kier alpha value is -1.61. The lowest BCUT2D eigenvalue weighted by molar-refractivity contribution is 0.112. The van der Waals surface area contributed by atoms with Crippen LogP contribution < -0.4 is 5.32 Å². The molecule has 3 heteroatoms. The van der Waals surface area contributed by atoms with E-state index in [1.54, 1.807) is 0 Å². The van der Waals surface area contributed by atoms with Crippen molar-refractivity contribution < 1.29 is 4.79 Å². The lowest BCUT2D eigenvalue weighted by Gasteiger charge is -2.14. The van der Waals surface area contributed by atoms with Gasteiger partial charge in [0.25, 0.3) is 0 Å². The molecular formula is C14H15NOS. The number of para-hydroxylation sites is 1. The first-order valence-corrected chi connectivity index (χ1v) is 6.49. The molecule has 0 saturated carbocycles. The first-order valence-electron chi connectivity index (χ1n) is 5.61. The van der Waals surface area contributed by atoms with Crippen LogP contribution in [0.4, 0.5) is 5.69 Å². The van der Waals surface area contributed by atoms with Gasteiger partial charge in [-0.15, -0.1) is 11.3 Å². The molecule has 2 aromatic rings. The molecule has 1 heterocycles. The van der Waals surface area contributed by atoms with Gasteiger partial charge in [0, 0.05) is 22.9 Å². The molecule has 1 N–H and O–H groups in total. The SMILES string of the molecule is CC(C)Nc1ccccc1-c1ccsc1C=O. The summed E-state index contributed by atoms with van der Waals surface area (Å²) >= 11 is 1.48. The molecule has 2 rings (SSSR count). The second kappa shape index (κ2) is 5.15. The van der Waals surface area contributed by atoms with Gasteiger partial charge in [-0.25, -0.2) is 0 Å². The standard InChI is InChI=1S/C14H15NOS/c1-10(2)15-13-6-4-3-5-11(13)12-7-8-17-14(12)9-16/h3-10,15H,1-2H3. The van der Waals surface area contributed by atoms with Crippen LogP contribution in [0.2, 0.25) is 0 Å². The molecule has 0 fully saturated rings. The molecule has 1 aromatic heterocycles. The van der Waals surface area contributed by atoms with Gasteiger partial charge in [0.1, 0.15) is 0 Å². The van der Waals surface area contributed by atoms with Crippen molar-refractivity contribution in [2.24, 2.45) is 0 Å². The summed E-state index contributed by atoms with van der Waals surface area (Å²) < 4.78 is 0. The van der Waals surface area contributed by atoms with Gasteiger partial charge < -0.3 is 5.32 Å². The van der Waals surface area contributed by atoms with Gasteiger partial charge in [-0.05, 0) is 31.4 Å². The number of thiophene rings is 1. The number of benzene rings is 1. The molecular weight excluding hydrogens is 230 g/mol. The molecule has 0 spiro atoms. The molecule has 0 unspecified atom stereocenters. The summed E-state index contributed by atoms with van der Waals surface area (Å²) in [5.74, 6) is 0. The predicted octanol–water partition coefficient (Wildman–Crippen LogP) is 4.05. The zero-order valence-electron chi connectivity index (χ0n) is 9.94. The summed E-state index contributed by atoms with van der Waals surface area (Å²) in [5, 5.41) is 5.35. The van der Waals surface area contributed by atoms with Crippen LogP contribution in [-0.4, -0.2) is 12.3 Å². The smallest absolute Gasteiger partial charge is 0.160 e. The van der Waals surface area contributed by atoms with E-state index in [-0.39, 0.29) is 0 Å². The van der Waals surface area contributed by atoms with Crippen LogP contribution >= 0.6 is 11.3 Å². The highest BCUT2D eigenvalue weighted by molar-refractivity contribution is 7.12. The van der Waals surface area contributed by atoms with Crippen LogP contribution in [0.15, 0.2) is 35.7 Å². The number of nitrogens with one attached hydrogen (secondary N) is 1. The Kier molecular flexibility index (Phi) is 3.59. The molecule has 1 aromatic carbocycles. The highest BCUT2D eigenvalue weighted by Gasteiger charge is 2.10. The minimum Gasteiger partial charge on any atom is -0.382 e. The van der Waals surface area contributed by atoms with Crippen molar-refractivity contribution in [1.82, 2.24) is 0 Å². The summed E-state index contributed by atoms with van der Waals surface area (Å²) in [6.07, 6.45) is 0.923. The maximum atomic E-state index is 11.0. The molecule has 0 atom stereocenters. The second-order valence-corrected chi connectivity index (χ2v) is 5.11. The molecule has 2 nitrogen and oxygen atoms in total. The number of rotatable bonds is 4. The normalized spacial score (nSPS) is 10.5. The quantitative estimate of drug-likeness (QED) is 0.823. The van der Waals surface area contributed by atoms with E-state index >= 15 is 0 Å². The van der Waals surface area contributed by atoms with E-state index in [1.165, 1.54) is 11.3 Å². The van der Waals surface area contributed by atoms with Gasteiger partial charge in [0.15, 0.2) is 6.29 Å². The zero-order chi connectivity index (χ0) is 12.3. The van der Waals surface area contributed by atoms with E-state index in [1.807, 2.05) is 35.7 Å². The Morgan fingerprint density at radius 3 is 2.65 bits per heavy atom. The van der Waals surface area contributed by atoms with Gasteiger partial charge in [0.2, 0.25) is 0 Å². The molecule has 88 valence electrons. The molecule has 0 aliphatic rings.